The van der Waals surface area contributed by atoms with Crippen molar-refractivity contribution >= 4 is 17.8 Å². The molecule has 1 spiro atoms. The van der Waals surface area contributed by atoms with Crippen LogP contribution in [0.3, 0.4) is 0 Å². The van der Waals surface area contributed by atoms with Gasteiger partial charge in [0.2, 0.25) is 5.91 Å². The Bertz CT molecular complexity index is 479. The molecule has 2 aliphatic heterocycles. The van der Waals surface area contributed by atoms with Crippen molar-refractivity contribution in [2.45, 2.75) is 50.6 Å². The molecule has 2 saturated heterocycles. The molecule has 22 heavy (non-hydrogen) atoms. The number of rotatable bonds is 2. The average molecular weight is 308 g/mol. The van der Waals surface area contributed by atoms with E-state index in [4.69, 9.17) is 0 Å². The fraction of sp³-hybridized carbons (Fsp3) is 0.800. The van der Waals surface area contributed by atoms with E-state index in [2.05, 4.69) is 10.6 Å². The Morgan fingerprint density at radius 3 is 2.59 bits per heavy atom. The van der Waals surface area contributed by atoms with Crippen LogP contribution in [0.5, 0.6) is 0 Å². The first-order chi connectivity index (χ1) is 10.6. The Morgan fingerprint density at radius 2 is 1.86 bits per heavy atom. The maximum Gasteiger partial charge on any atom is 0.325 e. The molecular formula is C15H24N4O3. The summed E-state index contributed by atoms with van der Waals surface area (Å²) in [7, 11) is 0. The molecule has 1 unspecified atom stereocenters. The van der Waals surface area contributed by atoms with Gasteiger partial charge < -0.3 is 15.5 Å². The van der Waals surface area contributed by atoms with Gasteiger partial charge in [-0.05, 0) is 32.7 Å². The third kappa shape index (κ3) is 2.47. The highest BCUT2D eigenvalue weighted by molar-refractivity contribution is 6.09. The van der Waals surface area contributed by atoms with E-state index in [1.807, 2.05) is 0 Å². The summed E-state index contributed by atoms with van der Waals surface area (Å²) in [4.78, 5) is 40.5. The fourth-order valence-electron chi connectivity index (χ4n) is 3.75. The van der Waals surface area contributed by atoms with Crippen LogP contribution in [0.2, 0.25) is 0 Å². The zero-order valence-corrected chi connectivity index (χ0v) is 13.1. The summed E-state index contributed by atoms with van der Waals surface area (Å²) in [6.45, 7) is 4.60. The highest BCUT2D eigenvalue weighted by Crippen LogP contribution is 2.35. The third-order valence-corrected chi connectivity index (χ3v) is 5.05. The first-order valence-electron chi connectivity index (χ1n) is 8.20. The van der Waals surface area contributed by atoms with E-state index in [9.17, 15) is 14.4 Å². The monoisotopic (exact) mass is 308 g/mol. The topological polar surface area (TPSA) is 81.8 Å². The number of hydrogen-bond donors (Lipinski definition) is 2. The lowest BCUT2D eigenvalue weighted by atomic mass is 9.97. The standard InChI is InChI=1S/C15H24N4O3/c1-11(12(20)18-9-4-7-16-8-10-18)19-13(21)15(17-14(19)22)5-2-3-6-15/h11,16H,2-10H2,1H3,(H,17,22). The zero-order chi connectivity index (χ0) is 15.7. The van der Waals surface area contributed by atoms with Gasteiger partial charge in [-0.1, -0.05) is 12.8 Å². The minimum Gasteiger partial charge on any atom is -0.340 e. The summed E-state index contributed by atoms with van der Waals surface area (Å²) in [5.41, 5.74) is -0.744. The van der Waals surface area contributed by atoms with Crippen molar-refractivity contribution in [2.24, 2.45) is 0 Å². The number of nitrogens with one attached hydrogen (secondary N) is 2. The predicted molar refractivity (Wildman–Crippen MR) is 80.1 cm³/mol. The summed E-state index contributed by atoms with van der Waals surface area (Å²) in [5, 5.41) is 6.08. The lowest BCUT2D eigenvalue weighted by Gasteiger charge is -2.28. The van der Waals surface area contributed by atoms with Gasteiger partial charge in [-0.2, -0.15) is 0 Å². The van der Waals surface area contributed by atoms with Crippen LogP contribution in [0.4, 0.5) is 4.79 Å². The Labute approximate surface area is 130 Å². The van der Waals surface area contributed by atoms with Gasteiger partial charge in [0, 0.05) is 19.6 Å². The van der Waals surface area contributed by atoms with Gasteiger partial charge in [-0.25, -0.2) is 9.69 Å². The van der Waals surface area contributed by atoms with Crippen LogP contribution in [-0.4, -0.2) is 65.4 Å². The molecule has 1 saturated carbocycles. The fourth-order valence-corrected chi connectivity index (χ4v) is 3.75. The van der Waals surface area contributed by atoms with Crippen molar-refractivity contribution < 1.29 is 14.4 Å². The van der Waals surface area contributed by atoms with E-state index in [0.717, 1.165) is 37.3 Å². The predicted octanol–water partition coefficient (Wildman–Crippen LogP) is 0.0614. The van der Waals surface area contributed by atoms with Crippen LogP contribution in [0.1, 0.15) is 39.0 Å². The van der Waals surface area contributed by atoms with Gasteiger partial charge >= 0.3 is 6.03 Å². The molecule has 1 atom stereocenters. The molecule has 0 aromatic carbocycles. The minimum atomic E-state index is -0.744. The summed E-state index contributed by atoms with van der Waals surface area (Å²) >= 11 is 0. The molecular weight excluding hydrogens is 284 g/mol. The zero-order valence-electron chi connectivity index (χ0n) is 13.1. The second kappa shape index (κ2) is 5.87. The highest BCUT2D eigenvalue weighted by Gasteiger charge is 2.54. The van der Waals surface area contributed by atoms with E-state index in [1.165, 1.54) is 0 Å². The molecule has 7 nitrogen and oxygen atoms in total. The van der Waals surface area contributed by atoms with Crippen LogP contribution >= 0.6 is 0 Å². The Morgan fingerprint density at radius 1 is 1.14 bits per heavy atom. The Kier molecular flexibility index (Phi) is 4.08. The Hall–Kier alpha value is -1.63. The van der Waals surface area contributed by atoms with Gasteiger partial charge in [-0.15, -0.1) is 0 Å². The second-order valence-corrected chi connectivity index (χ2v) is 6.50. The number of nitrogens with zero attached hydrogens (tertiary/aromatic N) is 2. The second-order valence-electron chi connectivity index (χ2n) is 6.50. The van der Waals surface area contributed by atoms with E-state index in [-0.39, 0.29) is 11.8 Å². The minimum absolute atomic E-state index is 0.137. The van der Waals surface area contributed by atoms with Crippen LogP contribution in [0.25, 0.3) is 0 Å². The molecule has 122 valence electrons. The normalized spacial score (nSPS) is 26.2. The maximum absolute atomic E-state index is 12.7. The molecule has 0 aromatic heterocycles. The van der Waals surface area contributed by atoms with E-state index in [0.29, 0.717) is 25.9 Å². The smallest absolute Gasteiger partial charge is 0.325 e. The molecule has 3 aliphatic rings. The van der Waals surface area contributed by atoms with Gasteiger partial charge in [0.1, 0.15) is 11.6 Å². The van der Waals surface area contributed by atoms with Crippen molar-refractivity contribution in [3.05, 3.63) is 0 Å². The number of hydrogen-bond acceptors (Lipinski definition) is 4. The van der Waals surface area contributed by atoms with Gasteiger partial charge in [0.25, 0.3) is 5.91 Å². The van der Waals surface area contributed by atoms with E-state index < -0.39 is 17.6 Å². The van der Waals surface area contributed by atoms with Crippen molar-refractivity contribution in [2.75, 3.05) is 26.2 Å². The SMILES string of the molecule is CC(C(=O)N1CCCNCC1)N1C(=O)NC2(CCCC2)C1=O. The average Bonchev–Trinajstić information content (AvgIpc) is 2.93. The van der Waals surface area contributed by atoms with E-state index in [1.54, 1.807) is 11.8 Å². The number of imide groups is 1. The largest absolute Gasteiger partial charge is 0.340 e. The molecule has 2 N–H and O–H groups in total. The van der Waals surface area contributed by atoms with E-state index >= 15 is 0 Å². The molecule has 1 aliphatic carbocycles. The molecule has 2 heterocycles. The van der Waals surface area contributed by atoms with Gasteiger partial charge in [0.05, 0.1) is 0 Å². The molecule has 0 radical (unpaired) electrons. The molecule has 0 aromatic rings. The third-order valence-electron chi connectivity index (χ3n) is 5.05. The van der Waals surface area contributed by atoms with Crippen LogP contribution in [0, 0.1) is 0 Å². The lowest BCUT2D eigenvalue weighted by Crippen LogP contribution is -2.51. The van der Waals surface area contributed by atoms with Crippen molar-refractivity contribution in [1.82, 2.24) is 20.4 Å². The number of carbonyl (C=O) groups is 3. The molecule has 7 heteroatoms. The summed E-state index contributed by atoms with van der Waals surface area (Å²) in [6, 6.07) is -1.15. The summed E-state index contributed by atoms with van der Waals surface area (Å²) in [6.07, 6.45) is 4.15. The van der Waals surface area contributed by atoms with Crippen molar-refractivity contribution in [1.29, 1.82) is 0 Å². The van der Waals surface area contributed by atoms with Crippen molar-refractivity contribution in [3.8, 4) is 0 Å². The molecule has 3 fully saturated rings. The van der Waals surface area contributed by atoms with Crippen LogP contribution in [0.15, 0.2) is 0 Å². The highest BCUT2D eigenvalue weighted by atomic mass is 16.2. The van der Waals surface area contributed by atoms with Gasteiger partial charge in [-0.3, -0.25) is 9.59 Å². The molecule has 0 bridgehead atoms. The maximum atomic E-state index is 12.7. The van der Waals surface area contributed by atoms with Crippen LogP contribution in [-0.2, 0) is 9.59 Å². The number of amides is 4. The molecule has 4 amide bonds. The lowest BCUT2D eigenvalue weighted by molar-refractivity contribution is -0.142. The quantitative estimate of drug-likeness (QED) is 0.707. The number of urea groups is 1. The summed E-state index contributed by atoms with van der Waals surface area (Å²) in [5.74, 6) is -0.356. The number of carbonyl (C=O) groups excluding carboxylic acids is 3. The first-order valence-corrected chi connectivity index (χ1v) is 8.20. The summed E-state index contributed by atoms with van der Waals surface area (Å²) < 4.78 is 0. The first kappa shape index (κ1) is 15.3. The van der Waals surface area contributed by atoms with Crippen LogP contribution < -0.4 is 10.6 Å². The Balaban J connectivity index is 1.73. The van der Waals surface area contributed by atoms with Crippen molar-refractivity contribution in [3.63, 3.8) is 0 Å². The van der Waals surface area contributed by atoms with Gasteiger partial charge in [0.15, 0.2) is 0 Å². The molecule has 3 rings (SSSR count).